The van der Waals surface area contributed by atoms with E-state index in [9.17, 15) is 4.79 Å². The fourth-order valence-corrected chi connectivity index (χ4v) is 3.08. The normalized spacial score (nSPS) is 11.5. The van der Waals surface area contributed by atoms with E-state index in [0.717, 1.165) is 12.1 Å². The zero-order chi connectivity index (χ0) is 19.1. The number of thiocarbonyl (C=S) groups is 1. The molecule has 1 amide bonds. The molecule has 2 aromatic rings. The van der Waals surface area contributed by atoms with E-state index in [1.807, 2.05) is 30.9 Å². The predicted octanol–water partition coefficient (Wildman–Crippen LogP) is 5.43. The van der Waals surface area contributed by atoms with Crippen molar-refractivity contribution in [2.45, 2.75) is 26.3 Å². The number of hydrogen-bond acceptors (Lipinski definition) is 2. The van der Waals surface area contributed by atoms with E-state index < -0.39 is 6.04 Å². The van der Waals surface area contributed by atoms with Crippen LogP contribution in [0.4, 0.5) is 11.4 Å². The Kier molecular flexibility index (Phi) is 7.69. The number of halogens is 2. The molecule has 1 atom stereocenters. The van der Waals surface area contributed by atoms with Crippen molar-refractivity contribution in [1.82, 2.24) is 4.90 Å². The quantitative estimate of drug-likeness (QED) is 0.624. The van der Waals surface area contributed by atoms with Crippen molar-refractivity contribution < 1.29 is 4.79 Å². The second-order valence-corrected chi connectivity index (χ2v) is 7.07. The number of nitrogens with zero attached hydrogens (tertiary/aromatic N) is 1. The third kappa shape index (κ3) is 5.87. The lowest BCUT2D eigenvalue weighted by atomic mass is 10.2. The molecule has 0 aliphatic heterocycles. The van der Waals surface area contributed by atoms with E-state index in [4.69, 9.17) is 35.4 Å². The highest BCUT2D eigenvalue weighted by Gasteiger charge is 2.23. The van der Waals surface area contributed by atoms with Crippen LogP contribution in [0.3, 0.4) is 0 Å². The van der Waals surface area contributed by atoms with Gasteiger partial charge in [0.1, 0.15) is 6.04 Å². The van der Waals surface area contributed by atoms with Crippen molar-refractivity contribution in [1.29, 1.82) is 0 Å². The summed E-state index contributed by atoms with van der Waals surface area (Å²) in [5.41, 5.74) is 1.48. The highest BCUT2D eigenvalue weighted by Crippen LogP contribution is 2.17. The minimum absolute atomic E-state index is 0.152. The highest BCUT2D eigenvalue weighted by atomic mass is 35.5. The summed E-state index contributed by atoms with van der Waals surface area (Å²) >= 11 is 17.4. The van der Waals surface area contributed by atoms with Crippen LogP contribution in [-0.2, 0) is 4.79 Å². The molecule has 0 aliphatic carbocycles. The summed E-state index contributed by atoms with van der Waals surface area (Å²) in [6.45, 7) is 4.52. The summed E-state index contributed by atoms with van der Waals surface area (Å²) in [5, 5.41) is 7.75. The van der Waals surface area contributed by atoms with Gasteiger partial charge in [0, 0.05) is 28.0 Å². The third-order valence-electron chi connectivity index (χ3n) is 3.76. The van der Waals surface area contributed by atoms with Crippen LogP contribution in [0.2, 0.25) is 10.0 Å². The molecule has 0 aromatic heterocycles. The molecule has 2 rings (SSSR count). The molecule has 0 saturated heterocycles. The number of anilines is 2. The largest absolute Gasteiger partial charge is 0.337 e. The molecule has 0 heterocycles. The lowest BCUT2D eigenvalue weighted by molar-refractivity contribution is -0.119. The van der Waals surface area contributed by atoms with Crippen molar-refractivity contribution >= 4 is 57.8 Å². The topological polar surface area (TPSA) is 44.4 Å². The van der Waals surface area contributed by atoms with E-state index in [2.05, 4.69) is 10.6 Å². The van der Waals surface area contributed by atoms with E-state index in [1.54, 1.807) is 36.4 Å². The van der Waals surface area contributed by atoms with Gasteiger partial charge in [0.2, 0.25) is 5.91 Å². The average Bonchev–Trinajstić information content (AvgIpc) is 2.61. The summed E-state index contributed by atoms with van der Waals surface area (Å²) in [6, 6.07) is 13.9. The summed E-state index contributed by atoms with van der Waals surface area (Å²) in [5.74, 6) is -0.152. The van der Waals surface area contributed by atoms with Gasteiger partial charge in [-0.2, -0.15) is 0 Å². The maximum Gasteiger partial charge on any atom is 0.246 e. The molecule has 0 radical (unpaired) electrons. The van der Waals surface area contributed by atoms with Gasteiger partial charge in [-0.1, -0.05) is 36.2 Å². The van der Waals surface area contributed by atoms with E-state index in [-0.39, 0.29) is 5.91 Å². The van der Waals surface area contributed by atoms with Crippen LogP contribution >= 0.6 is 35.4 Å². The van der Waals surface area contributed by atoms with Gasteiger partial charge in [-0.25, -0.2) is 0 Å². The molecule has 0 bridgehead atoms. The van der Waals surface area contributed by atoms with Crippen LogP contribution in [0.15, 0.2) is 48.5 Å². The van der Waals surface area contributed by atoms with Crippen molar-refractivity contribution in [3.05, 3.63) is 58.6 Å². The zero-order valence-electron chi connectivity index (χ0n) is 14.6. The number of amides is 1. The average molecular weight is 410 g/mol. The molecule has 0 fully saturated rings. The Morgan fingerprint density at radius 1 is 1.08 bits per heavy atom. The van der Waals surface area contributed by atoms with Gasteiger partial charge in [-0.05, 0) is 68.0 Å². The minimum atomic E-state index is -0.443. The van der Waals surface area contributed by atoms with Gasteiger partial charge in [0.05, 0.1) is 0 Å². The molecule has 0 spiro atoms. The van der Waals surface area contributed by atoms with Crippen LogP contribution < -0.4 is 10.6 Å². The van der Waals surface area contributed by atoms with Crippen LogP contribution in [0.25, 0.3) is 0 Å². The third-order valence-corrected chi connectivity index (χ3v) is 4.58. The number of nitrogens with one attached hydrogen (secondary N) is 2. The second-order valence-electron chi connectivity index (χ2n) is 5.81. The Morgan fingerprint density at radius 3 is 2.38 bits per heavy atom. The summed E-state index contributed by atoms with van der Waals surface area (Å²) in [4.78, 5) is 14.5. The van der Waals surface area contributed by atoms with Crippen LogP contribution in [0, 0.1) is 0 Å². The van der Waals surface area contributed by atoms with Crippen LogP contribution in [-0.4, -0.2) is 28.5 Å². The predicted molar refractivity (Wildman–Crippen MR) is 114 cm³/mol. The second kappa shape index (κ2) is 9.76. The molecule has 0 aliphatic rings. The van der Waals surface area contributed by atoms with E-state index in [0.29, 0.717) is 27.4 Å². The Labute approximate surface area is 169 Å². The first-order valence-corrected chi connectivity index (χ1v) is 9.46. The van der Waals surface area contributed by atoms with E-state index in [1.165, 1.54) is 0 Å². The lowest BCUT2D eigenvalue weighted by Crippen LogP contribution is -2.47. The van der Waals surface area contributed by atoms with Crippen molar-refractivity contribution in [2.24, 2.45) is 0 Å². The molecule has 7 heteroatoms. The molecule has 2 N–H and O–H groups in total. The molecular weight excluding hydrogens is 389 g/mol. The van der Waals surface area contributed by atoms with Crippen molar-refractivity contribution in [3.63, 3.8) is 0 Å². The molecular formula is C19H21Cl2N3OS. The Hall–Kier alpha value is -1.82. The van der Waals surface area contributed by atoms with Gasteiger partial charge >= 0.3 is 0 Å². The van der Waals surface area contributed by atoms with Gasteiger partial charge < -0.3 is 15.5 Å². The summed E-state index contributed by atoms with van der Waals surface area (Å²) < 4.78 is 0. The Bertz CT molecular complexity index is 768. The van der Waals surface area contributed by atoms with Crippen molar-refractivity contribution in [2.75, 3.05) is 17.2 Å². The molecule has 2 aromatic carbocycles. The maximum absolute atomic E-state index is 12.6. The first-order chi connectivity index (χ1) is 12.4. The zero-order valence-corrected chi connectivity index (χ0v) is 17.0. The molecule has 138 valence electrons. The SMILES string of the molecule is CCCN(C(=S)Nc1ccc(Cl)cc1)[C@H](C)C(=O)Nc1cccc(Cl)c1. The number of carbonyl (C=O) groups is 1. The van der Waals surface area contributed by atoms with Crippen molar-refractivity contribution in [3.8, 4) is 0 Å². The molecule has 26 heavy (non-hydrogen) atoms. The van der Waals surface area contributed by atoms with Gasteiger partial charge in [0.25, 0.3) is 0 Å². The number of rotatable bonds is 6. The number of carbonyl (C=O) groups excluding carboxylic acids is 1. The van der Waals surface area contributed by atoms with Gasteiger partial charge in [-0.3, -0.25) is 4.79 Å². The number of hydrogen-bond donors (Lipinski definition) is 2. The summed E-state index contributed by atoms with van der Waals surface area (Å²) in [7, 11) is 0. The molecule has 0 unspecified atom stereocenters. The maximum atomic E-state index is 12.6. The van der Waals surface area contributed by atoms with Gasteiger partial charge in [0.15, 0.2) is 5.11 Å². The van der Waals surface area contributed by atoms with Crippen LogP contribution in [0.5, 0.6) is 0 Å². The summed E-state index contributed by atoms with van der Waals surface area (Å²) in [6.07, 6.45) is 0.858. The fraction of sp³-hybridized carbons (Fsp3) is 0.263. The smallest absolute Gasteiger partial charge is 0.246 e. The molecule has 0 saturated carbocycles. The van der Waals surface area contributed by atoms with Gasteiger partial charge in [-0.15, -0.1) is 0 Å². The van der Waals surface area contributed by atoms with E-state index >= 15 is 0 Å². The monoisotopic (exact) mass is 409 g/mol. The van der Waals surface area contributed by atoms with Crippen LogP contribution in [0.1, 0.15) is 20.3 Å². The lowest BCUT2D eigenvalue weighted by Gasteiger charge is -2.30. The highest BCUT2D eigenvalue weighted by molar-refractivity contribution is 7.80. The minimum Gasteiger partial charge on any atom is -0.337 e. The fourth-order valence-electron chi connectivity index (χ4n) is 2.39. The Balaban J connectivity index is 2.07. The Morgan fingerprint density at radius 2 is 1.77 bits per heavy atom. The first kappa shape index (κ1) is 20.5. The molecule has 4 nitrogen and oxygen atoms in total. The first-order valence-electron chi connectivity index (χ1n) is 8.30. The number of benzene rings is 2. The standard InChI is InChI=1S/C19H21Cl2N3OS/c1-3-11-24(19(26)23-16-9-7-14(20)8-10-16)13(2)18(25)22-17-6-4-5-15(21)12-17/h4-10,12-13H,3,11H2,1-2H3,(H,22,25)(H,23,26)/t13-/m1/s1.